The molecule has 1 N–H and O–H groups in total. The highest BCUT2D eigenvalue weighted by Gasteiger charge is 2.27. The second-order valence-electron chi connectivity index (χ2n) is 5.40. The van der Waals surface area contributed by atoms with Crippen LogP contribution in [0, 0.1) is 6.92 Å². The number of ketones is 1. The summed E-state index contributed by atoms with van der Waals surface area (Å²) in [6.07, 6.45) is 1.39. The lowest BCUT2D eigenvalue weighted by Crippen LogP contribution is -2.14. The summed E-state index contributed by atoms with van der Waals surface area (Å²) >= 11 is 0. The first-order valence-corrected chi connectivity index (χ1v) is 7.16. The zero-order valence-corrected chi connectivity index (χ0v) is 12.7. The van der Waals surface area contributed by atoms with Crippen LogP contribution in [-0.4, -0.2) is 24.3 Å². The Morgan fingerprint density at radius 1 is 1.30 bits per heavy atom. The van der Waals surface area contributed by atoms with Crippen molar-refractivity contribution in [3.8, 4) is 0 Å². The van der Waals surface area contributed by atoms with Gasteiger partial charge in [0.1, 0.15) is 11.3 Å². The lowest BCUT2D eigenvalue weighted by atomic mass is 9.99. The first-order chi connectivity index (χ1) is 11.0. The van der Waals surface area contributed by atoms with Gasteiger partial charge >= 0.3 is 5.97 Å². The summed E-state index contributed by atoms with van der Waals surface area (Å²) in [7, 11) is 0. The molecule has 2 aromatic rings. The molecule has 0 radical (unpaired) electrons. The zero-order chi connectivity index (χ0) is 16.6. The van der Waals surface area contributed by atoms with Crippen molar-refractivity contribution in [2.75, 3.05) is 11.9 Å². The van der Waals surface area contributed by atoms with Gasteiger partial charge in [0.25, 0.3) is 0 Å². The van der Waals surface area contributed by atoms with Crippen molar-refractivity contribution in [1.29, 1.82) is 0 Å². The van der Waals surface area contributed by atoms with Crippen LogP contribution in [-0.2, 0) is 9.53 Å². The predicted molar refractivity (Wildman–Crippen MR) is 81.5 cm³/mol. The molecule has 2 heterocycles. The molecule has 1 aliphatic rings. The molecule has 0 aliphatic carbocycles. The van der Waals surface area contributed by atoms with Gasteiger partial charge in [0.15, 0.2) is 12.4 Å². The number of fused-ring (bicyclic) bond motifs is 1. The Morgan fingerprint density at radius 2 is 2.09 bits per heavy atom. The van der Waals surface area contributed by atoms with Gasteiger partial charge in [0.2, 0.25) is 5.91 Å². The molecule has 0 unspecified atom stereocenters. The number of amides is 1. The Kier molecular flexibility index (Phi) is 3.73. The van der Waals surface area contributed by atoms with E-state index < -0.39 is 5.97 Å². The highest BCUT2D eigenvalue weighted by Crippen LogP contribution is 2.32. The van der Waals surface area contributed by atoms with E-state index in [-0.39, 0.29) is 24.2 Å². The average molecular weight is 313 g/mol. The molecule has 1 atom stereocenters. The number of anilines is 1. The van der Waals surface area contributed by atoms with Crippen LogP contribution < -0.4 is 5.32 Å². The van der Waals surface area contributed by atoms with E-state index in [1.807, 2.05) is 0 Å². The number of furan rings is 1. The van der Waals surface area contributed by atoms with Gasteiger partial charge in [0.05, 0.1) is 12.2 Å². The molecule has 0 saturated heterocycles. The summed E-state index contributed by atoms with van der Waals surface area (Å²) in [6.45, 7) is 3.05. The van der Waals surface area contributed by atoms with Gasteiger partial charge in [0, 0.05) is 11.3 Å². The van der Waals surface area contributed by atoms with Crippen molar-refractivity contribution in [1.82, 2.24) is 0 Å². The van der Waals surface area contributed by atoms with Crippen LogP contribution in [0.4, 0.5) is 5.69 Å². The minimum absolute atomic E-state index is 0.0912. The number of esters is 1. The Labute approximate surface area is 132 Å². The third-order valence-corrected chi connectivity index (χ3v) is 3.90. The molecule has 1 amide bonds. The van der Waals surface area contributed by atoms with Gasteiger partial charge in [-0.3, -0.25) is 9.59 Å². The van der Waals surface area contributed by atoms with Crippen LogP contribution in [0.2, 0.25) is 0 Å². The molecule has 1 aromatic carbocycles. The maximum atomic E-state index is 12.2. The molecular weight excluding hydrogens is 298 g/mol. The van der Waals surface area contributed by atoms with E-state index in [1.54, 1.807) is 32.0 Å². The SMILES string of the molecule is Cc1occc1C(=O)OCC(=O)c1ccc2c(c1)[C@H](C)C(=O)N2. The number of aryl methyl sites for hydroxylation is 1. The molecule has 1 aliphatic heterocycles. The minimum Gasteiger partial charge on any atom is -0.469 e. The van der Waals surface area contributed by atoms with Crippen LogP contribution >= 0.6 is 0 Å². The molecule has 23 heavy (non-hydrogen) atoms. The van der Waals surface area contributed by atoms with Crippen LogP contribution in [0.25, 0.3) is 0 Å². The van der Waals surface area contributed by atoms with Crippen LogP contribution in [0.5, 0.6) is 0 Å². The molecule has 118 valence electrons. The number of benzene rings is 1. The summed E-state index contributed by atoms with van der Waals surface area (Å²) in [6, 6.07) is 6.45. The fourth-order valence-corrected chi connectivity index (χ4v) is 2.48. The number of carbonyl (C=O) groups excluding carboxylic acids is 3. The van der Waals surface area contributed by atoms with Crippen molar-refractivity contribution in [3.05, 3.63) is 53.0 Å². The van der Waals surface area contributed by atoms with Crippen molar-refractivity contribution in [2.45, 2.75) is 19.8 Å². The highest BCUT2D eigenvalue weighted by atomic mass is 16.5. The summed E-state index contributed by atoms with van der Waals surface area (Å²) in [5.41, 5.74) is 2.20. The molecule has 0 spiro atoms. The largest absolute Gasteiger partial charge is 0.469 e. The highest BCUT2D eigenvalue weighted by molar-refractivity contribution is 6.05. The third kappa shape index (κ3) is 2.75. The van der Waals surface area contributed by atoms with E-state index in [0.717, 1.165) is 5.56 Å². The van der Waals surface area contributed by atoms with Crippen molar-refractivity contribution in [3.63, 3.8) is 0 Å². The second kappa shape index (κ2) is 5.72. The standard InChI is InChI=1S/C17H15NO5/c1-9-13-7-11(3-4-14(13)18-16(9)20)15(19)8-23-17(21)12-5-6-22-10(12)2/h3-7,9H,8H2,1-2H3,(H,18,20)/t9-/m0/s1. The first kappa shape index (κ1) is 15.0. The van der Waals surface area contributed by atoms with Gasteiger partial charge in [-0.2, -0.15) is 0 Å². The number of rotatable bonds is 4. The normalized spacial score (nSPS) is 15.9. The molecule has 0 fully saturated rings. The maximum absolute atomic E-state index is 12.2. The summed E-state index contributed by atoms with van der Waals surface area (Å²) in [5, 5.41) is 2.74. The van der Waals surface area contributed by atoms with Gasteiger partial charge < -0.3 is 14.5 Å². The molecule has 0 saturated carbocycles. The number of hydrogen-bond donors (Lipinski definition) is 1. The van der Waals surface area contributed by atoms with Crippen LogP contribution in [0.15, 0.2) is 34.9 Å². The van der Waals surface area contributed by atoms with Gasteiger partial charge in [-0.15, -0.1) is 0 Å². The second-order valence-corrected chi connectivity index (χ2v) is 5.40. The topological polar surface area (TPSA) is 85.6 Å². The Bertz CT molecular complexity index is 805. The fourth-order valence-electron chi connectivity index (χ4n) is 2.48. The number of Topliss-reactive ketones (excluding diaryl/α,β-unsaturated/α-hetero) is 1. The van der Waals surface area contributed by atoms with E-state index in [1.165, 1.54) is 12.3 Å². The number of hydrogen-bond acceptors (Lipinski definition) is 5. The van der Waals surface area contributed by atoms with Gasteiger partial charge in [-0.1, -0.05) is 0 Å². The van der Waals surface area contributed by atoms with E-state index in [9.17, 15) is 14.4 Å². The first-order valence-electron chi connectivity index (χ1n) is 7.16. The molecule has 0 bridgehead atoms. The van der Waals surface area contributed by atoms with E-state index in [0.29, 0.717) is 22.6 Å². The Hall–Kier alpha value is -2.89. The van der Waals surface area contributed by atoms with Crippen molar-refractivity contribution >= 4 is 23.3 Å². The maximum Gasteiger partial charge on any atom is 0.342 e. The molecule has 6 nitrogen and oxygen atoms in total. The smallest absolute Gasteiger partial charge is 0.342 e. The summed E-state index contributed by atoms with van der Waals surface area (Å²) in [4.78, 5) is 35.7. The van der Waals surface area contributed by atoms with E-state index >= 15 is 0 Å². The quantitative estimate of drug-likeness (QED) is 0.693. The zero-order valence-electron chi connectivity index (χ0n) is 12.7. The Morgan fingerprint density at radius 3 is 2.78 bits per heavy atom. The van der Waals surface area contributed by atoms with Gasteiger partial charge in [-0.25, -0.2) is 4.79 Å². The molecule has 3 rings (SSSR count). The van der Waals surface area contributed by atoms with Crippen molar-refractivity contribution < 1.29 is 23.5 Å². The predicted octanol–water partition coefficient (Wildman–Crippen LogP) is 2.68. The number of nitrogens with one attached hydrogen (secondary N) is 1. The average Bonchev–Trinajstić information content (AvgIpc) is 3.08. The van der Waals surface area contributed by atoms with Gasteiger partial charge in [-0.05, 0) is 43.7 Å². The van der Waals surface area contributed by atoms with Crippen LogP contribution in [0.1, 0.15) is 44.9 Å². The summed E-state index contributed by atoms with van der Waals surface area (Å²) < 4.78 is 10.0. The molecule has 1 aromatic heterocycles. The number of ether oxygens (including phenoxy) is 1. The van der Waals surface area contributed by atoms with E-state index in [2.05, 4.69) is 5.32 Å². The van der Waals surface area contributed by atoms with E-state index in [4.69, 9.17) is 9.15 Å². The lowest BCUT2D eigenvalue weighted by Gasteiger charge is -2.06. The molecular formula is C17H15NO5. The monoisotopic (exact) mass is 313 g/mol. The lowest BCUT2D eigenvalue weighted by molar-refractivity contribution is -0.116. The minimum atomic E-state index is -0.601. The van der Waals surface area contributed by atoms with Crippen molar-refractivity contribution in [2.24, 2.45) is 0 Å². The fraction of sp³-hybridized carbons (Fsp3) is 0.235. The van der Waals surface area contributed by atoms with Crippen LogP contribution in [0.3, 0.4) is 0 Å². The molecule has 6 heteroatoms. The summed E-state index contributed by atoms with van der Waals surface area (Å²) in [5.74, 6) is -0.872. The number of carbonyl (C=O) groups is 3. The Balaban J connectivity index is 1.69. The third-order valence-electron chi connectivity index (χ3n) is 3.90.